The van der Waals surface area contributed by atoms with Crippen LogP contribution in [0.1, 0.15) is 59.4 Å². The number of nitrogens with one attached hydrogen (secondary N) is 3. The Kier molecular flexibility index (Phi) is 9.90. The van der Waals surface area contributed by atoms with Gasteiger partial charge >= 0.3 is 0 Å². The number of carbonyl (C=O) groups excluding carboxylic acids is 3. The Morgan fingerprint density at radius 1 is 1.03 bits per heavy atom. The largest absolute Gasteiger partial charge is 0.389 e. The Balaban J connectivity index is 1.69. The zero-order chi connectivity index (χ0) is 27.9. The maximum Gasteiger partial charge on any atom is 0.243 e. The predicted molar refractivity (Wildman–Crippen MR) is 151 cm³/mol. The van der Waals surface area contributed by atoms with E-state index in [1.807, 2.05) is 63.2 Å². The van der Waals surface area contributed by atoms with E-state index in [1.165, 1.54) is 0 Å². The van der Waals surface area contributed by atoms with Crippen LogP contribution in [0, 0.1) is 5.41 Å². The van der Waals surface area contributed by atoms with E-state index in [0.717, 1.165) is 22.8 Å². The molecule has 1 aliphatic heterocycles. The minimum Gasteiger partial charge on any atom is -0.389 e. The molecule has 1 aliphatic rings. The summed E-state index contributed by atoms with van der Waals surface area (Å²) < 4.78 is 0. The average Bonchev–Trinajstić information content (AvgIpc) is 3.33. The maximum atomic E-state index is 13.4. The number of likely N-dealkylation sites (tertiary alicyclic amines) is 1. The van der Waals surface area contributed by atoms with Crippen LogP contribution in [0.5, 0.6) is 0 Å². The van der Waals surface area contributed by atoms with Crippen LogP contribution in [0.2, 0.25) is 0 Å². The summed E-state index contributed by atoms with van der Waals surface area (Å²) in [6.07, 6.45) is 2.39. The van der Waals surface area contributed by atoms with Crippen LogP contribution in [-0.2, 0) is 20.8 Å². The minimum absolute atomic E-state index is 0.0516. The Labute approximate surface area is 226 Å². The van der Waals surface area contributed by atoms with Gasteiger partial charge in [0.25, 0.3) is 0 Å². The Bertz CT molecular complexity index is 1120. The van der Waals surface area contributed by atoms with Gasteiger partial charge in [0.05, 0.1) is 5.60 Å². The lowest BCUT2D eigenvalue weighted by molar-refractivity contribution is -0.145. The summed E-state index contributed by atoms with van der Waals surface area (Å²) in [6, 6.07) is 12.8. The monoisotopic (exact) mass is 524 g/mol. The van der Waals surface area contributed by atoms with Gasteiger partial charge in [-0.25, -0.2) is 0 Å². The van der Waals surface area contributed by atoms with E-state index in [4.69, 9.17) is 0 Å². The maximum absolute atomic E-state index is 13.4. The highest BCUT2D eigenvalue weighted by Crippen LogP contribution is 2.26. The molecule has 8 nitrogen and oxygen atoms in total. The number of amides is 3. The van der Waals surface area contributed by atoms with Crippen LogP contribution in [0.3, 0.4) is 0 Å². The highest BCUT2D eigenvalue weighted by molar-refractivity contribution is 5.93. The molecular formula is C30H44N4O4. The van der Waals surface area contributed by atoms with Crippen LogP contribution in [-0.4, -0.2) is 71.6 Å². The first-order valence-electron chi connectivity index (χ1n) is 13.6. The molecule has 8 heteroatoms. The van der Waals surface area contributed by atoms with Crippen molar-refractivity contribution in [1.82, 2.24) is 20.9 Å². The molecule has 3 amide bonds. The fraction of sp³-hybridized carbons (Fsp3) is 0.567. The van der Waals surface area contributed by atoms with Crippen molar-refractivity contribution >= 4 is 28.5 Å². The second-order valence-electron chi connectivity index (χ2n) is 12.0. The lowest BCUT2D eigenvalue weighted by Gasteiger charge is -2.31. The molecule has 1 saturated heterocycles. The van der Waals surface area contributed by atoms with Gasteiger partial charge in [-0.05, 0) is 56.0 Å². The third-order valence-electron chi connectivity index (χ3n) is 6.73. The van der Waals surface area contributed by atoms with Gasteiger partial charge in [-0.15, -0.1) is 0 Å². The van der Waals surface area contributed by atoms with E-state index in [1.54, 1.807) is 18.7 Å². The van der Waals surface area contributed by atoms with Gasteiger partial charge < -0.3 is 26.0 Å². The first kappa shape index (κ1) is 29.6. The summed E-state index contributed by atoms with van der Waals surface area (Å²) >= 11 is 0. The number of aliphatic hydroxyl groups is 1. The molecule has 2 aromatic rings. The van der Waals surface area contributed by atoms with Crippen molar-refractivity contribution in [1.29, 1.82) is 0 Å². The molecule has 0 radical (unpaired) electrons. The number of rotatable bonds is 11. The highest BCUT2D eigenvalue weighted by Gasteiger charge is 2.39. The van der Waals surface area contributed by atoms with Crippen LogP contribution in [0.15, 0.2) is 42.5 Å². The topological polar surface area (TPSA) is 111 Å². The van der Waals surface area contributed by atoms with E-state index in [2.05, 4.69) is 16.0 Å². The Hall–Kier alpha value is -2.97. The van der Waals surface area contributed by atoms with Crippen molar-refractivity contribution in [2.24, 2.45) is 5.41 Å². The van der Waals surface area contributed by atoms with Crippen molar-refractivity contribution in [3.63, 3.8) is 0 Å². The van der Waals surface area contributed by atoms with E-state index in [9.17, 15) is 19.5 Å². The molecule has 0 aromatic heterocycles. The van der Waals surface area contributed by atoms with E-state index in [0.29, 0.717) is 45.4 Å². The van der Waals surface area contributed by atoms with Crippen LogP contribution in [0.4, 0.5) is 0 Å². The Morgan fingerprint density at radius 2 is 1.74 bits per heavy atom. The number of nitrogens with zero attached hydrogens (tertiary/aromatic N) is 1. The summed E-state index contributed by atoms with van der Waals surface area (Å²) in [7, 11) is 0. The van der Waals surface area contributed by atoms with Gasteiger partial charge in [-0.3, -0.25) is 14.4 Å². The van der Waals surface area contributed by atoms with E-state index >= 15 is 0 Å². The molecule has 2 aromatic carbocycles. The molecule has 2 atom stereocenters. The lowest BCUT2D eigenvalue weighted by Crippen LogP contribution is -2.55. The SMILES string of the molecule is CC(C)(O)CNCCCNC(=O)C(Cc1ccc2ccccc2c1)NC(=O)C1CCCN1C(=O)C(C)(C)C. The van der Waals surface area contributed by atoms with Gasteiger partial charge in [0, 0.05) is 31.5 Å². The molecule has 1 heterocycles. The van der Waals surface area contributed by atoms with Crippen molar-refractivity contribution < 1.29 is 19.5 Å². The summed E-state index contributed by atoms with van der Waals surface area (Å²) in [4.78, 5) is 41.3. The van der Waals surface area contributed by atoms with Crippen LogP contribution in [0.25, 0.3) is 10.8 Å². The average molecular weight is 525 g/mol. The van der Waals surface area contributed by atoms with Crippen molar-refractivity contribution in [2.75, 3.05) is 26.2 Å². The third kappa shape index (κ3) is 8.53. The fourth-order valence-electron chi connectivity index (χ4n) is 4.73. The lowest BCUT2D eigenvalue weighted by atomic mass is 9.94. The summed E-state index contributed by atoms with van der Waals surface area (Å²) in [5.74, 6) is -0.585. The summed E-state index contributed by atoms with van der Waals surface area (Å²) in [6.45, 7) is 11.2. The molecule has 4 N–H and O–H groups in total. The van der Waals surface area contributed by atoms with E-state index in [-0.39, 0.29) is 17.7 Å². The number of benzene rings is 2. The second kappa shape index (κ2) is 12.7. The van der Waals surface area contributed by atoms with E-state index < -0.39 is 23.1 Å². The zero-order valence-corrected chi connectivity index (χ0v) is 23.5. The van der Waals surface area contributed by atoms with Gasteiger partial charge in [-0.2, -0.15) is 0 Å². The first-order chi connectivity index (χ1) is 17.8. The molecule has 3 rings (SSSR count). The normalized spacial score (nSPS) is 16.9. The molecule has 0 spiro atoms. The quantitative estimate of drug-likeness (QED) is 0.338. The van der Waals surface area contributed by atoms with Crippen molar-refractivity contribution in [2.45, 2.75) is 78.0 Å². The second-order valence-corrected chi connectivity index (χ2v) is 12.0. The standard InChI is InChI=1S/C30H44N4O4/c1-29(2,3)28(37)34-17-8-12-25(34)27(36)33-24(26(35)32-16-9-15-31-20-30(4,5)38)19-21-13-14-22-10-6-7-11-23(22)18-21/h6-7,10-11,13-14,18,24-25,31,38H,8-9,12,15-17,19-20H2,1-5H3,(H,32,35)(H,33,36). The molecule has 1 fully saturated rings. The molecule has 0 bridgehead atoms. The highest BCUT2D eigenvalue weighted by atomic mass is 16.3. The van der Waals surface area contributed by atoms with Gasteiger partial charge in [0.15, 0.2) is 0 Å². The predicted octanol–water partition coefficient (Wildman–Crippen LogP) is 2.77. The summed E-state index contributed by atoms with van der Waals surface area (Å²) in [5.41, 5.74) is -0.421. The third-order valence-corrected chi connectivity index (χ3v) is 6.73. The zero-order valence-electron chi connectivity index (χ0n) is 23.5. The minimum atomic E-state index is -0.791. The number of hydrogen-bond donors (Lipinski definition) is 4. The van der Waals surface area contributed by atoms with Crippen molar-refractivity contribution in [3.05, 3.63) is 48.0 Å². The molecule has 38 heavy (non-hydrogen) atoms. The first-order valence-corrected chi connectivity index (χ1v) is 13.6. The molecule has 2 unspecified atom stereocenters. The number of carbonyl (C=O) groups is 3. The molecular weight excluding hydrogens is 480 g/mol. The molecule has 0 aliphatic carbocycles. The summed E-state index contributed by atoms with van der Waals surface area (Å²) in [5, 5.41) is 21.1. The van der Waals surface area contributed by atoms with Gasteiger partial charge in [0.2, 0.25) is 17.7 Å². The number of hydrogen-bond acceptors (Lipinski definition) is 5. The Morgan fingerprint density at radius 3 is 2.42 bits per heavy atom. The van der Waals surface area contributed by atoms with Gasteiger partial charge in [0.1, 0.15) is 12.1 Å². The number of fused-ring (bicyclic) bond motifs is 1. The molecule has 208 valence electrons. The van der Waals surface area contributed by atoms with Crippen LogP contribution < -0.4 is 16.0 Å². The molecule has 0 saturated carbocycles. The van der Waals surface area contributed by atoms with Gasteiger partial charge in [-0.1, -0.05) is 63.2 Å². The van der Waals surface area contributed by atoms with Crippen LogP contribution >= 0.6 is 0 Å². The fourth-order valence-corrected chi connectivity index (χ4v) is 4.73. The van der Waals surface area contributed by atoms with Crippen molar-refractivity contribution in [3.8, 4) is 0 Å². The smallest absolute Gasteiger partial charge is 0.243 e.